The predicted octanol–water partition coefficient (Wildman–Crippen LogP) is 3.05. The summed E-state index contributed by atoms with van der Waals surface area (Å²) in [5.41, 5.74) is 3.13. The zero-order chi connectivity index (χ0) is 20.9. The topological polar surface area (TPSA) is 118 Å². The van der Waals surface area contributed by atoms with Gasteiger partial charge in [0.15, 0.2) is 21.3 Å². The van der Waals surface area contributed by atoms with Gasteiger partial charge in [0.1, 0.15) is 5.82 Å². The molecular weight excluding hydrogens is 402 g/mol. The van der Waals surface area contributed by atoms with Gasteiger partial charge in [0.2, 0.25) is 0 Å². The monoisotopic (exact) mass is 419 g/mol. The van der Waals surface area contributed by atoms with Crippen molar-refractivity contribution in [3.63, 3.8) is 0 Å². The van der Waals surface area contributed by atoms with E-state index in [2.05, 4.69) is 20.6 Å². The van der Waals surface area contributed by atoms with Gasteiger partial charge in [-0.05, 0) is 30.3 Å². The molecule has 0 bridgehead atoms. The molecule has 30 heavy (non-hydrogen) atoms. The normalized spacial score (nSPS) is 11.9. The molecule has 0 amide bonds. The van der Waals surface area contributed by atoms with E-state index in [9.17, 15) is 8.42 Å². The number of fused-ring (bicyclic) bond motifs is 2. The lowest BCUT2D eigenvalue weighted by Crippen LogP contribution is -2.01. The van der Waals surface area contributed by atoms with Gasteiger partial charge < -0.3 is 5.32 Å². The summed E-state index contributed by atoms with van der Waals surface area (Å²) >= 11 is 0. The second kappa shape index (κ2) is 6.63. The van der Waals surface area contributed by atoms with E-state index >= 15 is 0 Å². The van der Waals surface area contributed by atoms with Crippen molar-refractivity contribution in [1.29, 1.82) is 0 Å². The molecule has 5 aromatic rings. The van der Waals surface area contributed by atoms with E-state index in [0.29, 0.717) is 23.0 Å². The van der Waals surface area contributed by atoms with Crippen molar-refractivity contribution in [3.05, 3.63) is 54.9 Å². The van der Waals surface area contributed by atoms with Gasteiger partial charge in [-0.3, -0.25) is 9.78 Å². The third-order valence-electron chi connectivity index (χ3n) is 4.86. The maximum atomic E-state index is 11.7. The molecule has 0 aliphatic rings. The van der Waals surface area contributed by atoms with Crippen molar-refractivity contribution in [3.8, 4) is 11.4 Å². The van der Waals surface area contributed by atoms with Crippen LogP contribution in [-0.2, 0) is 16.9 Å². The fourth-order valence-corrected chi connectivity index (χ4v) is 3.95. The number of hydrogen-bond acceptors (Lipinski definition) is 7. The summed E-state index contributed by atoms with van der Waals surface area (Å²) in [7, 11) is -1.44. The van der Waals surface area contributed by atoms with Gasteiger partial charge in [-0.25, -0.2) is 18.4 Å². The molecular formula is C20H17N7O2S. The average molecular weight is 419 g/mol. The lowest BCUT2D eigenvalue weighted by molar-refractivity contribution is 0.602. The molecule has 0 unspecified atom stereocenters. The molecule has 0 aliphatic heterocycles. The minimum Gasteiger partial charge on any atom is -0.339 e. The van der Waals surface area contributed by atoms with Crippen LogP contribution in [0.1, 0.15) is 0 Å². The predicted molar refractivity (Wildman–Crippen MR) is 114 cm³/mol. The van der Waals surface area contributed by atoms with Crippen LogP contribution in [-0.4, -0.2) is 44.6 Å². The van der Waals surface area contributed by atoms with Crippen molar-refractivity contribution in [1.82, 2.24) is 29.9 Å². The number of aryl methyl sites for hydroxylation is 1. The molecule has 2 aromatic carbocycles. The maximum absolute atomic E-state index is 11.7. The van der Waals surface area contributed by atoms with E-state index in [1.54, 1.807) is 41.3 Å². The Labute approximate surface area is 171 Å². The molecule has 9 nitrogen and oxygen atoms in total. The van der Waals surface area contributed by atoms with Crippen LogP contribution >= 0.6 is 0 Å². The van der Waals surface area contributed by atoms with Crippen molar-refractivity contribution in [2.45, 2.75) is 4.90 Å². The van der Waals surface area contributed by atoms with Crippen molar-refractivity contribution < 1.29 is 8.42 Å². The number of benzene rings is 2. The highest BCUT2D eigenvalue weighted by molar-refractivity contribution is 7.90. The summed E-state index contributed by atoms with van der Waals surface area (Å²) in [6.07, 6.45) is 4.63. The lowest BCUT2D eigenvalue weighted by atomic mass is 10.1. The average Bonchev–Trinajstić information content (AvgIpc) is 3.34. The molecule has 0 atom stereocenters. The smallest absolute Gasteiger partial charge is 0.175 e. The number of nitrogens with zero attached hydrogens (tertiary/aromatic N) is 5. The highest BCUT2D eigenvalue weighted by atomic mass is 32.2. The highest BCUT2D eigenvalue weighted by Crippen LogP contribution is 2.30. The van der Waals surface area contributed by atoms with Crippen LogP contribution in [0.4, 0.5) is 11.5 Å². The zero-order valence-electron chi connectivity index (χ0n) is 16.2. The molecule has 0 spiro atoms. The molecule has 10 heteroatoms. The number of nitrogens with one attached hydrogen (secondary N) is 2. The summed E-state index contributed by atoms with van der Waals surface area (Å²) < 4.78 is 25.1. The second-order valence-corrected chi connectivity index (χ2v) is 8.98. The molecule has 3 aromatic heterocycles. The van der Waals surface area contributed by atoms with E-state index in [4.69, 9.17) is 9.97 Å². The molecule has 3 heterocycles. The maximum Gasteiger partial charge on any atom is 0.175 e. The first-order valence-corrected chi connectivity index (χ1v) is 11.0. The van der Waals surface area contributed by atoms with Crippen LogP contribution < -0.4 is 5.32 Å². The Hall–Kier alpha value is -3.79. The Bertz CT molecular complexity index is 1500. The van der Waals surface area contributed by atoms with Crippen molar-refractivity contribution in [2.75, 3.05) is 11.6 Å². The molecule has 150 valence electrons. The number of aromatic nitrogens is 6. The van der Waals surface area contributed by atoms with Gasteiger partial charge >= 0.3 is 0 Å². The number of sulfone groups is 1. The van der Waals surface area contributed by atoms with Gasteiger partial charge in [-0.15, -0.1) is 0 Å². The van der Waals surface area contributed by atoms with Gasteiger partial charge in [-0.1, -0.05) is 12.1 Å². The van der Waals surface area contributed by atoms with Crippen LogP contribution in [0, 0.1) is 0 Å². The highest BCUT2D eigenvalue weighted by Gasteiger charge is 2.16. The Morgan fingerprint density at radius 1 is 1.00 bits per heavy atom. The van der Waals surface area contributed by atoms with E-state index in [1.807, 2.05) is 25.2 Å². The van der Waals surface area contributed by atoms with E-state index in [1.165, 1.54) is 6.26 Å². The third kappa shape index (κ3) is 3.07. The molecule has 0 radical (unpaired) electrons. The van der Waals surface area contributed by atoms with Crippen LogP contribution in [0.3, 0.4) is 0 Å². The van der Waals surface area contributed by atoms with Crippen molar-refractivity contribution >= 4 is 43.3 Å². The second-order valence-electron chi connectivity index (χ2n) is 6.96. The zero-order valence-corrected chi connectivity index (χ0v) is 17.0. The molecule has 0 saturated heterocycles. The van der Waals surface area contributed by atoms with Gasteiger partial charge in [-0.2, -0.15) is 10.2 Å². The largest absolute Gasteiger partial charge is 0.339 e. The Kier molecular flexibility index (Phi) is 4.03. The number of rotatable bonds is 4. The molecule has 0 aliphatic carbocycles. The summed E-state index contributed by atoms with van der Waals surface area (Å²) in [5, 5.41) is 16.3. The number of anilines is 2. The summed E-state index contributed by atoms with van der Waals surface area (Å²) in [5.74, 6) is 1.11. The first-order chi connectivity index (χ1) is 14.4. The minimum absolute atomic E-state index is 0.259. The van der Waals surface area contributed by atoms with E-state index in [-0.39, 0.29) is 4.90 Å². The minimum atomic E-state index is -3.26. The van der Waals surface area contributed by atoms with Gasteiger partial charge in [0, 0.05) is 29.9 Å². The Morgan fingerprint density at radius 3 is 2.57 bits per heavy atom. The summed E-state index contributed by atoms with van der Waals surface area (Å²) in [6.45, 7) is 0. The van der Waals surface area contributed by atoms with Crippen LogP contribution in [0.25, 0.3) is 33.3 Å². The summed E-state index contributed by atoms with van der Waals surface area (Å²) in [4.78, 5) is 9.72. The number of aromatic amines is 1. The van der Waals surface area contributed by atoms with E-state index < -0.39 is 9.84 Å². The molecule has 2 N–H and O–H groups in total. The SMILES string of the molecule is Cn1ncc2c(Nc3ccc(S(C)(=O)=O)cc3)nc(-c3cccc4[nH]ncc34)nc21. The fourth-order valence-electron chi connectivity index (χ4n) is 3.32. The number of H-pyrrole nitrogens is 1. The molecule has 5 rings (SSSR count). The third-order valence-corrected chi connectivity index (χ3v) is 5.99. The quantitative estimate of drug-likeness (QED) is 0.459. The summed E-state index contributed by atoms with van der Waals surface area (Å²) in [6, 6.07) is 12.3. The number of hydrogen-bond donors (Lipinski definition) is 2. The van der Waals surface area contributed by atoms with Crippen LogP contribution in [0.2, 0.25) is 0 Å². The van der Waals surface area contributed by atoms with Crippen LogP contribution in [0.15, 0.2) is 59.8 Å². The molecule has 0 fully saturated rings. The van der Waals surface area contributed by atoms with Crippen LogP contribution in [0.5, 0.6) is 0 Å². The first-order valence-electron chi connectivity index (χ1n) is 9.09. The fraction of sp³-hybridized carbons (Fsp3) is 0.100. The Balaban J connectivity index is 1.64. The standard InChI is InChI=1S/C20H17N7O2S/c1-27-20-16(11-22-27)19(23-12-6-8-13(9-7-12)30(2,28)29)24-18(25-20)14-4-3-5-17-15(14)10-21-26-17/h3-11H,1-2H3,(H,21,26)(H,23,24,25). The van der Waals surface area contributed by atoms with Gasteiger partial charge in [0.25, 0.3) is 0 Å². The van der Waals surface area contributed by atoms with Crippen molar-refractivity contribution in [2.24, 2.45) is 7.05 Å². The van der Waals surface area contributed by atoms with Gasteiger partial charge in [0.05, 0.1) is 28.2 Å². The Morgan fingerprint density at radius 2 is 1.80 bits per heavy atom. The molecule has 0 saturated carbocycles. The first kappa shape index (κ1) is 18.3. The van der Waals surface area contributed by atoms with E-state index in [0.717, 1.165) is 21.9 Å². The lowest BCUT2D eigenvalue weighted by Gasteiger charge is -2.10.